The summed E-state index contributed by atoms with van der Waals surface area (Å²) in [6.07, 6.45) is 11.0. The molecule has 3 saturated carbocycles. The Morgan fingerprint density at radius 2 is 1.85 bits per heavy atom. The van der Waals surface area contributed by atoms with Gasteiger partial charge in [-0.25, -0.2) is 14.8 Å². The van der Waals surface area contributed by atoms with Gasteiger partial charge in [-0.3, -0.25) is 4.79 Å². The van der Waals surface area contributed by atoms with Crippen LogP contribution in [0.3, 0.4) is 0 Å². The second kappa shape index (κ2) is 12.6. The lowest BCUT2D eigenvalue weighted by atomic mass is 9.79. The van der Waals surface area contributed by atoms with Crippen LogP contribution in [0.25, 0.3) is 11.0 Å². The number of aldehydes is 1. The molecule has 3 aliphatic carbocycles. The van der Waals surface area contributed by atoms with Crippen LogP contribution in [-0.2, 0) is 20.7 Å². The lowest BCUT2D eigenvalue weighted by Gasteiger charge is -2.37. The van der Waals surface area contributed by atoms with Crippen LogP contribution in [0.5, 0.6) is 11.6 Å². The Morgan fingerprint density at radius 1 is 1.02 bits per heavy atom. The zero-order valence-corrected chi connectivity index (χ0v) is 27.4. The average molecular weight is 633 g/mol. The summed E-state index contributed by atoms with van der Waals surface area (Å²) in [6.45, 7) is 4.34. The van der Waals surface area contributed by atoms with Gasteiger partial charge in [-0.15, -0.1) is 0 Å². The molecular formula is C36H48N4O6. The van der Waals surface area contributed by atoms with E-state index in [1.165, 1.54) is 6.42 Å². The third-order valence-electron chi connectivity index (χ3n) is 11.9. The number of amides is 2. The molecule has 3 heterocycles. The van der Waals surface area contributed by atoms with Crippen LogP contribution in [-0.4, -0.2) is 71.1 Å². The lowest BCUT2D eigenvalue weighted by molar-refractivity contribution is -0.140. The van der Waals surface area contributed by atoms with E-state index < -0.39 is 29.7 Å². The molecule has 2 bridgehead atoms. The Balaban J connectivity index is 1.25. The number of rotatable bonds is 4. The number of ether oxygens (including phenoxy) is 3. The van der Waals surface area contributed by atoms with Crippen LogP contribution >= 0.6 is 0 Å². The van der Waals surface area contributed by atoms with Gasteiger partial charge in [-0.2, -0.15) is 0 Å². The SMILES string of the molecule is CC[C@@H]1[C@@H]2CN(C(=O)[C@H](C3(C)CCCC3)NC(=O)O[C@@H]3CC4CC4[C@H]3CCCCCc3nc4ccc(OC)cc4nc3O2)[C@@H]1C=O. The maximum Gasteiger partial charge on any atom is 0.408 e. The third kappa shape index (κ3) is 5.81. The number of methoxy groups -OCH3 is 1. The van der Waals surface area contributed by atoms with Crippen molar-refractivity contribution in [3.8, 4) is 11.6 Å². The van der Waals surface area contributed by atoms with E-state index in [9.17, 15) is 14.4 Å². The second-order valence-corrected chi connectivity index (χ2v) is 14.7. The molecule has 1 aromatic carbocycles. The first-order valence-corrected chi connectivity index (χ1v) is 17.6. The molecule has 8 atom stereocenters. The normalized spacial score (nSPS) is 34.3. The van der Waals surface area contributed by atoms with Gasteiger partial charge in [0.2, 0.25) is 11.8 Å². The molecule has 2 aliphatic heterocycles. The highest BCUT2D eigenvalue weighted by atomic mass is 16.6. The Hall–Kier alpha value is -3.43. The number of hydrogen-bond donors (Lipinski definition) is 1. The van der Waals surface area contributed by atoms with Gasteiger partial charge in [0.1, 0.15) is 36.0 Å². The van der Waals surface area contributed by atoms with Gasteiger partial charge in [0.25, 0.3) is 0 Å². The van der Waals surface area contributed by atoms with E-state index in [0.29, 0.717) is 47.7 Å². The van der Waals surface area contributed by atoms with Crippen molar-refractivity contribution in [2.24, 2.45) is 29.1 Å². The molecule has 2 aromatic rings. The van der Waals surface area contributed by atoms with E-state index in [2.05, 4.69) is 12.2 Å². The number of aromatic nitrogens is 2. The zero-order valence-electron chi connectivity index (χ0n) is 27.4. The molecule has 5 aliphatic rings. The van der Waals surface area contributed by atoms with E-state index in [1.807, 2.05) is 25.1 Å². The fourth-order valence-electron chi connectivity index (χ4n) is 9.19. The largest absolute Gasteiger partial charge is 0.497 e. The molecule has 0 spiro atoms. The number of carbonyl (C=O) groups excluding carboxylic acids is 3. The molecule has 248 valence electrons. The van der Waals surface area contributed by atoms with Crippen molar-refractivity contribution in [2.45, 2.75) is 115 Å². The molecule has 46 heavy (non-hydrogen) atoms. The summed E-state index contributed by atoms with van der Waals surface area (Å²) in [7, 11) is 1.62. The summed E-state index contributed by atoms with van der Waals surface area (Å²) in [5, 5.41) is 3.06. The van der Waals surface area contributed by atoms with E-state index >= 15 is 0 Å². The summed E-state index contributed by atoms with van der Waals surface area (Å²) in [4.78, 5) is 52.4. The summed E-state index contributed by atoms with van der Waals surface area (Å²) < 4.78 is 18.3. The molecule has 2 amide bonds. The first kappa shape index (κ1) is 31.2. The van der Waals surface area contributed by atoms with Crippen molar-refractivity contribution in [1.29, 1.82) is 0 Å². The van der Waals surface area contributed by atoms with Crippen LogP contribution in [0.15, 0.2) is 18.2 Å². The van der Waals surface area contributed by atoms with Crippen LogP contribution in [0.4, 0.5) is 4.79 Å². The van der Waals surface area contributed by atoms with E-state index in [0.717, 1.165) is 75.3 Å². The maximum absolute atomic E-state index is 14.5. The fourth-order valence-corrected chi connectivity index (χ4v) is 9.19. The van der Waals surface area contributed by atoms with E-state index in [4.69, 9.17) is 24.2 Å². The molecule has 0 radical (unpaired) electrons. The number of carbonyl (C=O) groups is 3. The molecule has 1 N–H and O–H groups in total. The standard InChI is InChI=1S/C36H48N4O6/c1-4-23-29(20-41)40-19-31(23)45-33-27(37-26-13-12-22(44-3)18-28(26)38-33)11-7-5-6-10-24-25-16-21(25)17-30(24)46-35(43)39-32(34(40)42)36(2)14-8-9-15-36/h12-13,18,20-21,23-25,29-32H,4-11,14-17,19H2,1-3H3,(H,39,43)/t21?,23-,24+,25?,29+,30+,31-,32+/m0/s1. The maximum atomic E-state index is 14.5. The Kier molecular flexibility index (Phi) is 8.57. The van der Waals surface area contributed by atoms with Crippen molar-refractivity contribution >= 4 is 29.3 Å². The highest BCUT2D eigenvalue weighted by Gasteiger charge is 2.55. The van der Waals surface area contributed by atoms with Gasteiger partial charge < -0.3 is 29.2 Å². The monoisotopic (exact) mass is 632 g/mol. The van der Waals surface area contributed by atoms with Crippen molar-refractivity contribution in [3.63, 3.8) is 0 Å². The summed E-state index contributed by atoms with van der Waals surface area (Å²) in [5.74, 6) is 2.34. The Bertz CT molecular complexity index is 1480. The van der Waals surface area contributed by atoms with Crippen LogP contribution < -0.4 is 14.8 Å². The Morgan fingerprint density at radius 3 is 2.61 bits per heavy atom. The van der Waals surface area contributed by atoms with Gasteiger partial charge in [0.05, 0.1) is 30.7 Å². The molecule has 2 unspecified atom stereocenters. The smallest absolute Gasteiger partial charge is 0.408 e. The van der Waals surface area contributed by atoms with Crippen LogP contribution in [0.1, 0.15) is 90.2 Å². The molecule has 10 heteroatoms. The van der Waals surface area contributed by atoms with Gasteiger partial charge >= 0.3 is 6.09 Å². The van der Waals surface area contributed by atoms with Gasteiger partial charge in [0.15, 0.2) is 0 Å². The molecule has 7 rings (SSSR count). The minimum Gasteiger partial charge on any atom is -0.497 e. The van der Waals surface area contributed by atoms with Crippen molar-refractivity contribution < 1.29 is 28.6 Å². The molecular weight excluding hydrogens is 584 g/mol. The number of fused-ring (bicyclic) bond motifs is 7. The average Bonchev–Trinajstić information content (AvgIpc) is 3.34. The van der Waals surface area contributed by atoms with Gasteiger partial charge in [0, 0.05) is 12.0 Å². The quantitative estimate of drug-likeness (QED) is 0.431. The second-order valence-electron chi connectivity index (χ2n) is 14.7. The predicted octanol–water partition coefficient (Wildman–Crippen LogP) is 5.64. The lowest BCUT2D eigenvalue weighted by Crippen LogP contribution is -2.57. The number of benzene rings is 1. The first-order chi connectivity index (χ1) is 22.3. The predicted molar refractivity (Wildman–Crippen MR) is 171 cm³/mol. The van der Waals surface area contributed by atoms with Crippen LogP contribution in [0.2, 0.25) is 0 Å². The highest BCUT2D eigenvalue weighted by Crippen LogP contribution is 2.57. The van der Waals surface area contributed by atoms with Gasteiger partial charge in [-0.1, -0.05) is 39.5 Å². The van der Waals surface area contributed by atoms with Crippen molar-refractivity contribution in [2.75, 3.05) is 13.7 Å². The number of hydrogen-bond acceptors (Lipinski definition) is 8. The molecule has 1 saturated heterocycles. The van der Waals surface area contributed by atoms with Gasteiger partial charge in [-0.05, 0) is 86.7 Å². The minimum absolute atomic E-state index is 0.110. The highest BCUT2D eigenvalue weighted by molar-refractivity contribution is 5.89. The molecule has 4 fully saturated rings. The summed E-state index contributed by atoms with van der Waals surface area (Å²) >= 11 is 0. The number of nitrogens with zero attached hydrogens (tertiary/aromatic N) is 3. The summed E-state index contributed by atoms with van der Waals surface area (Å²) in [6, 6.07) is 4.22. The third-order valence-corrected chi connectivity index (χ3v) is 11.9. The Labute approximate surface area is 271 Å². The van der Waals surface area contributed by atoms with Crippen molar-refractivity contribution in [3.05, 3.63) is 23.9 Å². The van der Waals surface area contributed by atoms with Crippen molar-refractivity contribution in [1.82, 2.24) is 20.2 Å². The number of aryl methyl sites for hydroxylation is 1. The number of alkyl carbamates (subject to hydrolysis) is 1. The zero-order chi connectivity index (χ0) is 32.0. The van der Waals surface area contributed by atoms with E-state index in [-0.39, 0.29) is 24.5 Å². The summed E-state index contributed by atoms with van der Waals surface area (Å²) in [5.41, 5.74) is 1.84. The van der Waals surface area contributed by atoms with E-state index in [1.54, 1.807) is 12.0 Å². The molecule has 1 aromatic heterocycles. The first-order valence-electron chi connectivity index (χ1n) is 17.6. The number of nitrogens with one attached hydrogen (secondary N) is 1. The molecule has 10 nitrogen and oxygen atoms in total. The topological polar surface area (TPSA) is 120 Å². The fraction of sp³-hybridized carbons (Fsp3) is 0.694. The minimum atomic E-state index is -0.780. The van der Waals surface area contributed by atoms with Crippen LogP contribution in [0, 0.1) is 29.1 Å².